The molecule has 0 aliphatic carbocycles. The molecule has 1 fully saturated rings. The van der Waals surface area contributed by atoms with Crippen LogP contribution in [0.4, 0.5) is 0 Å². The molecule has 1 aliphatic heterocycles. The van der Waals surface area contributed by atoms with Crippen molar-refractivity contribution in [3.8, 4) is 5.75 Å². The standard InChI is InChI=1S/C16H26N2O2/c1-3-8-20-15-6-4-5-14(10-15)16(11-17)18-7-9-19-12-13(18)2/h4-6,10,13,16H,3,7-9,11-12,17H2,1-2H3. The molecular formula is C16H26N2O2. The van der Waals surface area contributed by atoms with E-state index in [-0.39, 0.29) is 6.04 Å². The van der Waals surface area contributed by atoms with E-state index < -0.39 is 0 Å². The Kier molecular flexibility index (Phi) is 5.83. The molecule has 4 heteroatoms. The maximum atomic E-state index is 6.02. The molecule has 20 heavy (non-hydrogen) atoms. The molecule has 2 unspecified atom stereocenters. The zero-order valence-electron chi connectivity index (χ0n) is 12.5. The summed E-state index contributed by atoms with van der Waals surface area (Å²) in [5.74, 6) is 0.934. The van der Waals surface area contributed by atoms with Crippen LogP contribution < -0.4 is 10.5 Å². The van der Waals surface area contributed by atoms with E-state index >= 15 is 0 Å². The summed E-state index contributed by atoms with van der Waals surface area (Å²) in [6, 6.07) is 8.95. The van der Waals surface area contributed by atoms with Gasteiger partial charge in [-0.2, -0.15) is 0 Å². The molecule has 0 spiro atoms. The topological polar surface area (TPSA) is 47.7 Å². The van der Waals surface area contributed by atoms with E-state index in [4.69, 9.17) is 15.2 Å². The molecule has 1 aromatic carbocycles. The van der Waals surface area contributed by atoms with Gasteiger partial charge in [0.05, 0.1) is 19.8 Å². The molecule has 0 bridgehead atoms. The van der Waals surface area contributed by atoms with Crippen LogP contribution in [-0.2, 0) is 4.74 Å². The molecular weight excluding hydrogens is 252 g/mol. The van der Waals surface area contributed by atoms with Gasteiger partial charge in [0.25, 0.3) is 0 Å². The molecule has 0 amide bonds. The minimum Gasteiger partial charge on any atom is -0.494 e. The number of nitrogens with zero attached hydrogens (tertiary/aromatic N) is 1. The zero-order valence-corrected chi connectivity index (χ0v) is 12.5. The van der Waals surface area contributed by atoms with Crippen molar-refractivity contribution in [2.45, 2.75) is 32.4 Å². The van der Waals surface area contributed by atoms with Crippen molar-refractivity contribution in [1.82, 2.24) is 4.90 Å². The largest absolute Gasteiger partial charge is 0.494 e. The Morgan fingerprint density at radius 3 is 3.05 bits per heavy atom. The van der Waals surface area contributed by atoms with Crippen LogP contribution in [0, 0.1) is 0 Å². The van der Waals surface area contributed by atoms with Gasteiger partial charge in [-0.05, 0) is 31.0 Å². The highest BCUT2D eigenvalue weighted by Gasteiger charge is 2.26. The lowest BCUT2D eigenvalue weighted by molar-refractivity contribution is -0.0209. The summed E-state index contributed by atoms with van der Waals surface area (Å²) < 4.78 is 11.2. The van der Waals surface area contributed by atoms with Crippen molar-refractivity contribution in [1.29, 1.82) is 0 Å². The molecule has 4 nitrogen and oxygen atoms in total. The van der Waals surface area contributed by atoms with E-state index in [2.05, 4.69) is 30.9 Å². The Morgan fingerprint density at radius 2 is 2.35 bits per heavy atom. The highest BCUT2D eigenvalue weighted by atomic mass is 16.5. The van der Waals surface area contributed by atoms with Crippen LogP contribution in [0.5, 0.6) is 5.75 Å². The number of ether oxygens (including phenoxy) is 2. The number of nitrogens with two attached hydrogens (primary N) is 1. The van der Waals surface area contributed by atoms with Crippen LogP contribution in [-0.4, -0.2) is 43.9 Å². The van der Waals surface area contributed by atoms with Gasteiger partial charge in [-0.1, -0.05) is 19.1 Å². The summed E-state index contributed by atoms with van der Waals surface area (Å²) in [5, 5.41) is 0. The average molecular weight is 278 g/mol. The fraction of sp³-hybridized carbons (Fsp3) is 0.625. The molecule has 2 N–H and O–H groups in total. The Balaban J connectivity index is 2.13. The van der Waals surface area contributed by atoms with E-state index in [0.29, 0.717) is 12.6 Å². The molecule has 2 rings (SSSR count). The van der Waals surface area contributed by atoms with Crippen LogP contribution in [0.15, 0.2) is 24.3 Å². The lowest BCUT2D eigenvalue weighted by atomic mass is 10.0. The number of benzene rings is 1. The quantitative estimate of drug-likeness (QED) is 0.866. The highest BCUT2D eigenvalue weighted by Crippen LogP contribution is 2.26. The van der Waals surface area contributed by atoms with Gasteiger partial charge in [-0.15, -0.1) is 0 Å². The van der Waals surface area contributed by atoms with Crippen molar-refractivity contribution in [2.75, 3.05) is 32.9 Å². The third kappa shape index (κ3) is 3.72. The second-order valence-corrected chi connectivity index (χ2v) is 5.33. The summed E-state index contributed by atoms with van der Waals surface area (Å²) in [7, 11) is 0. The fourth-order valence-corrected chi connectivity index (χ4v) is 2.70. The summed E-state index contributed by atoms with van der Waals surface area (Å²) in [6.07, 6.45) is 1.02. The first-order chi connectivity index (χ1) is 9.76. The smallest absolute Gasteiger partial charge is 0.119 e. The predicted molar refractivity (Wildman–Crippen MR) is 81.0 cm³/mol. The van der Waals surface area contributed by atoms with Gasteiger partial charge >= 0.3 is 0 Å². The molecule has 1 saturated heterocycles. The number of hydrogen-bond acceptors (Lipinski definition) is 4. The number of rotatable bonds is 6. The number of morpholine rings is 1. The molecule has 0 aromatic heterocycles. The third-order valence-electron chi connectivity index (χ3n) is 3.76. The van der Waals surface area contributed by atoms with Crippen molar-refractivity contribution in [2.24, 2.45) is 5.73 Å². The van der Waals surface area contributed by atoms with E-state index in [1.165, 1.54) is 5.56 Å². The van der Waals surface area contributed by atoms with Gasteiger partial charge in [-0.25, -0.2) is 0 Å². The Morgan fingerprint density at radius 1 is 1.50 bits per heavy atom. The molecule has 0 saturated carbocycles. The lowest BCUT2D eigenvalue weighted by Gasteiger charge is -2.39. The van der Waals surface area contributed by atoms with Gasteiger partial charge < -0.3 is 15.2 Å². The monoisotopic (exact) mass is 278 g/mol. The second-order valence-electron chi connectivity index (χ2n) is 5.33. The average Bonchev–Trinajstić information content (AvgIpc) is 2.48. The van der Waals surface area contributed by atoms with Crippen LogP contribution in [0.25, 0.3) is 0 Å². The van der Waals surface area contributed by atoms with Crippen LogP contribution in [0.2, 0.25) is 0 Å². The summed E-state index contributed by atoms with van der Waals surface area (Å²) >= 11 is 0. The maximum Gasteiger partial charge on any atom is 0.119 e. The normalized spacial score (nSPS) is 21.6. The predicted octanol–water partition coefficient (Wildman–Crippen LogP) is 2.20. The maximum absolute atomic E-state index is 6.02. The Labute approximate surface area is 121 Å². The van der Waals surface area contributed by atoms with Crippen LogP contribution in [0.1, 0.15) is 31.9 Å². The Hall–Kier alpha value is -1.10. The van der Waals surface area contributed by atoms with E-state index in [0.717, 1.165) is 38.5 Å². The van der Waals surface area contributed by atoms with Crippen LogP contribution >= 0.6 is 0 Å². The minimum atomic E-state index is 0.235. The Bertz CT molecular complexity index is 411. The van der Waals surface area contributed by atoms with E-state index in [1.54, 1.807) is 0 Å². The molecule has 1 aliphatic rings. The van der Waals surface area contributed by atoms with Gasteiger partial charge in [0.15, 0.2) is 0 Å². The first-order valence-electron chi connectivity index (χ1n) is 7.52. The van der Waals surface area contributed by atoms with Gasteiger partial charge in [0.1, 0.15) is 5.75 Å². The SMILES string of the molecule is CCCOc1cccc(C(CN)N2CCOCC2C)c1. The minimum absolute atomic E-state index is 0.235. The van der Waals surface area contributed by atoms with Crippen molar-refractivity contribution < 1.29 is 9.47 Å². The van der Waals surface area contributed by atoms with Crippen LogP contribution in [0.3, 0.4) is 0 Å². The number of hydrogen-bond donors (Lipinski definition) is 1. The van der Waals surface area contributed by atoms with Gasteiger partial charge in [-0.3, -0.25) is 4.90 Å². The fourth-order valence-electron chi connectivity index (χ4n) is 2.70. The van der Waals surface area contributed by atoms with Crippen molar-refractivity contribution >= 4 is 0 Å². The molecule has 2 atom stereocenters. The zero-order chi connectivity index (χ0) is 14.4. The van der Waals surface area contributed by atoms with Gasteiger partial charge in [0.2, 0.25) is 0 Å². The van der Waals surface area contributed by atoms with E-state index in [1.807, 2.05) is 12.1 Å². The molecule has 1 aromatic rings. The third-order valence-corrected chi connectivity index (χ3v) is 3.76. The second kappa shape index (κ2) is 7.62. The molecule has 1 heterocycles. The first kappa shape index (κ1) is 15.3. The van der Waals surface area contributed by atoms with Crippen molar-refractivity contribution in [3.05, 3.63) is 29.8 Å². The van der Waals surface area contributed by atoms with E-state index in [9.17, 15) is 0 Å². The summed E-state index contributed by atoms with van der Waals surface area (Å²) in [6.45, 7) is 8.17. The van der Waals surface area contributed by atoms with Crippen molar-refractivity contribution in [3.63, 3.8) is 0 Å². The molecule has 0 radical (unpaired) electrons. The first-order valence-corrected chi connectivity index (χ1v) is 7.52. The lowest BCUT2D eigenvalue weighted by Crippen LogP contribution is -2.47. The van der Waals surface area contributed by atoms with Gasteiger partial charge in [0, 0.05) is 25.2 Å². The molecule has 112 valence electrons. The summed E-state index contributed by atoms with van der Waals surface area (Å²) in [5.41, 5.74) is 7.26. The summed E-state index contributed by atoms with van der Waals surface area (Å²) in [4.78, 5) is 2.43. The highest BCUT2D eigenvalue weighted by molar-refractivity contribution is 5.31.